The molecule has 3 aromatic carbocycles. The summed E-state index contributed by atoms with van der Waals surface area (Å²) >= 11 is 0. The largest absolute Gasteiger partial charge is 1.00 e. The van der Waals surface area contributed by atoms with Crippen LogP contribution in [0.15, 0.2) is 54.6 Å². The van der Waals surface area contributed by atoms with Crippen molar-refractivity contribution in [1.29, 1.82) is 0 Å². The first kappa shape index (κ1) is 30.8. The van der Waals surface area contributed by atoms with Crippen molar-refractivity contribution in [1.82, 2.24) is 0 Å². The van der Waals surface area contributed by atoms with Gasteiger partial charge in [-0.15, -0.1) is 0 Å². The van der Waals surface area contributed by atoms with Crippen molar-refractivity contribution in [3.05, 3.63) is 105 Å². The van der Waals surface area contributed by atoms with Gasteiger partial charge in [0.15, 0.2) is 0 Å². The Morgan fingerprint density at radius 3 is 1.29 bits per heavy atom. The van der Waals surface area contributed by atoms with Gasteiger partial charge in [-0.1, -0.05) is 71.3 Å². The minimum atomic E-state index is -2.24. The fourth-order valence-electron chi connectivity index (χ4n) is 5.23. The van der Waals surface area contributed by atoms with Gasteiger partial charge in [-0.25, -0.2) is 0 Å². The minimum absolute atomic E-state index is 0. The van der Waals surface area contributed by atoms with E-state index in [0.717, 1.165) is 6.42 Å². The van der Waals surface area contributed by atoms with Crippen LogP contribution < -0.4 is 47.8 Å². The Morgan fingerprint density at radius 1 is 0.647 bits per heavy atom. The molecule has 0 radical (unpaired) electrons. The maximum Gasteiger partial charge on any atom is 1.00 e. The molecule has 34 heavy (non-hydrogen) atoms. The molecule has 0 bridgehead atoms. The Bertz CT molecular complexity index is 974. The van der Waals surface area contributed by atoms with Crippen molar-refractivity contribution >= 4 is 7.32 Å². The second-order valence-corrected chi connectivity index (χ2v) is 9.12. The summed E-state index contributed by atoms with van der Waals surface area (Å²) in [4.78, 5) is 0. The molecular weight excluding hydrogens is 409 g/mol. The molecule has 0 fully saturated rings. The van der Waals surface area contributed by atoms with E-state index in [1.54, 1.807) is 0 Å². The van der Waals surface area contributed by atoms with Gasteiger partial charge in [0, 0.05) is 12.0 Å². The van der Waals surface area contributed by atoms with Crippen LogP contribution in [0.3, 0.4) is 0 Å². The number of aryl methyl sites for hydroxylation is 6. The Morgan fingerprint density at radius 2 is 1.00 bits per heavy atom. The monoisotopic (exact) mass is 442 g/mol. The molecule has 0 unspecified atom stereocenters. The predicted octanol–water partition coefficient (Wildman–Crippen LogP) is -1.62. The van der Waals surface area contributed by atoms with Gasteiger partial charge in [0.05, 0.1) is 7.32 Å². The number of hydrogen-bond acceptors (Lipinski definition) is 3. The van der Waals surface area contributed by atoms with Gasteiger partial charge < -0.3 is 14.7 Å². The smallest absolute Gasteiger partial charge is 0.871 e. The first-order chi connectivity index (χ1) is 15.1. The Kier molecular flexibility index (Phi) is 12.0. The molecule has 3 aromatic rings. The van der Waals surface area contributed by atoms with Crippen LogP contribution in [0, 0.1) is 41.5 Å². The van der Waals surface area contributed by atoms with Crippen molar-refractivity contribution < 1.29 is 52.4 Å². The first-order valence-electron chi connectivity index (χ1n) is 11.3. The van der Waals surface area contributed by atoms with Crippen molar-refractivity contribution in [2.45, 2.75) is 59.8 Å². The van der Waals surface area contributed by atoms with Crippen molar-refractivity contribution in [3.63, 3.8) is 0 Å². The fraction of sp³-hybridized carbons (Fsp3) is 0.357. The molecule has 0 atom stereocenters. The summed E-state index contributed by atoms with van der Waals surface area (Å²) < 4.78 is 4.88. The molecule has 3 nitrogen and oxygen atoms in total. The van der Waals surface area contributed by atoms with Gasteiger partial charge in [-0.05, 0) is 87.8 Å². The molecule has 0 aliphatic heterocycles. The summed E-state index contributed by atoms with van der Waals surface area (Å²) in [5.74, 6) is 0. The van der Waals surface area contributed by atoms with Crippen LogP contribution in [-0.2, 0) is 10.1 Å². The van der Waals surface area contributed by atoms with Crippen LogP contribution in [0.4, 0.5) is 0 Å². The second kappa shape index (κ2) is 13.2. The van der Waals surface area contributed by atoms with Gasteiger partial charge in [0.2, 0.25) is 0 Å². The number of benzene rings is 3. The zero-order chi connectivity index (χ0) is 23.5. The summed E-state index contributed by atoms with van der Waals surface area (Å²) in [6.07, 6.45) is 1.34. The molecule has 0 aliphatic carbocycles. The van der Waals surface area contributed by atoms with Crippen LogP contribution in [0.1, 0.15) is 62.9 Å². The topological polar surface area (TPSA) is 55.3 Å². The molecule has 0 heterocycles. The zero-order valence-electron chi connectivity index (χ0n) is 22.1. The van der Waals surface area contributed by atoms with Crippen molar-refractivity contribution in [2.75, 3.05) is 6.61 Å². The molecule has 0 aromatic heterocycles. The maximum absolute atomic E-state index is 11.0. The molecule has 3 rings (SSSR count). The van der Waals surface area contributed by atoms with Gasteiger partial charge in [0.1, 0.15) is 0 Å². The Labute approximate surface area is 229 Å². The summed E-state index contributed by atoms with van der Waals surface area (Å²) in [6, 6.07) is 20.0. The number of rotatable bonds is 8. The van der Waals surface area contributed by atoms with Crippen LogP contribution in [0.2, 0.25) is 0 Å². The Hall–Kier alpha value is -1.20. The molecule has 0 spiro atoms. The summed E-state index contributed by atoms with van der Waals surface area (Å²) in [6.45, 7) is 13.0. The number of hydrogen-bond donors (Lipinski definition) is 0. The maximum atomic E-state index is 11.0. The van der Waals surface area contributed by atoms with E-state index in [0.29, 0.717) is 6.42 Å². The summed E-state index contributed by atoms with van der Waals surface area (Å²) in [7, 11) is -2.24. The van der Waals surface area contributed by atoms with Gasteiger partial charge in [-0.2, -0.15) is 0 Å². The normalized spacial score (nSPS) is 10.9. The van der Waals surface area contributed by atoms with E-state index in [2.05, 4.69) is 96.1 Å². The SMILES string of the molecule is Cc1ccc(C(CCCOB([O-])[O-])(c2ccc(C)cc2C)c2ccc(C)cc2C)c(C)c1.[Li+].[Li+]. The predicted molar refractivity (Wildman–Crippen MR) is 129 cm³/mol. The van der Waals surface area contributed by atoms with E-state index in [1.165, 1.54) is 50.1 Å². The second-order valence-electron chi connectivity index (χ2n) is 9.12. The van der Waals surface area contributed by atoms with Crippen molar-refractivity contribution in [2.24, 2.45) is 0 Å². The third-order valence-electron chi connectivity index (χ3n) is 6.48. The summed E-state index contributed by atoms with van der Waals surface area (Å²) in [5.41, 5.74) is 10.7. The van der Waals surface area contributed by atoms with Gasteiger partial charge in [0.25, 0.3) is 0 Å². The van der Waals surface area contributed by atoms with E-state index in [9.17, 15) is 10.0 Å². The summed E-state index contributed by atoms with van der Waals surface area (Å²) in [5, 5.41) is 21.9. The zero-order valence-corrected chi connectivity index (χ0v) is 22.1. The van der Waals surface area contributed by atoms with E-state index in [-0.39, 0.29) is 44.3 Å². The molecule has 0 N–H and O–H groups in total. The van der Waals surface area contributed by atoms with E-state index >= 15 is 0 Å². The standard InChI is InChI=1S/C28H33BO3.2Li/c1-19-8-11-25(22(4)16-19)28(14-7-15-32-29(30)31,26-12-9-20(2)17-23(26)5)27-13-10-21(3)18-24(27)6;;/h8-13,16-18H,7,14-15H2,1-6H3;;/q-2;2*+1. The average molecular weight is 442 g/mol. The van der Waals surface area contributed by atoms with Crippen LogP contribution in [0.5, 0.6) is 0 Å². The first-order valence-corrected chi connectivity index (χ1v) is 11.3. The van der Waals surface area contributed by atoms with Crippen LogP contribution in [0.25, 0.3) is 0 Å². The quantitative estimate of drug-likeness (QED) is 0.240. The average Bonchev–Trinajstić information content (AvgIpc) is 2.69. The Balaban J connectivity index is 0.00000289. The van der Waals surface area contributed by atoms with E-state index < -0.39 is 12.7 Å². The van der Waals surface area contributed by atoms with Crippen LogP contribution in [-0.4, -0.2) is 13.9 Å². The third-order valence-corrected chi connectivity index (χ3v) is 6.48. The fourth-order valence-corrected chi connectivity index (χ4v) is 5.23. The molecular formula is C28H33BLi2O3. The molecule has 0 amide bonds. The van der Waals surface area contributed by atoms with E-state index in [4.69, 9.17) is 4.65 Å². The van der Waals surface area contributed by atoms with Gasteiger partial charge >= 0.3 is 37.7 Å². The molecule has 6 heteroatoms. The minimum Gasteiger partial charge on any atom is -0.871 e. The molecule has 168 valence electrons. The van der Waals surface area contributed by atoms with E-state index in [1.807, 2.05) is 0 Å². The van der Waals surface area contributed by atoms with Gasteiger partial charge in [-0.3, -0.25) is 0 Å². The molecule has 0 saturated carbocycles. The molecule has 0 aliphatic rings. The third kappa shape index (κ3) is 6.72. The van der Waals surface area contributed by atoms with Crippen LogP contribution >= 0.6 is 0 Å². The molecule has 0 saturated heterocycles. The van der Waals surface area contributed by atoms with Crippen molar-refractivity contribution in [3.8, 4) is 0 Å².